The molecule has 4 nitrogen and oxygen atoms in total. The molecule has 21 heavy (non-hydrogen) atoms. The van der Waals surface area contributed by atoms with Crippen LogP contribution in [0.2, 0.25) is 0 Å². The summed E-state index contributed by atoms with van der Waals surface area (Å²) in [6, 6.07) is 6.06. The number of nitrogens with zero attached hydrogens (tertiary/aromatic N) is 1. The molecule has 2 rings (SSSR count). The molecule has 0 bridgehead atoms. The molecular weight excluding hydrogens is 264 g/mol. The SMILES string of the molecule is Cc1c(NC(=O)CCN2CCC(O)C2)cccc1C(C)C. The van der Waals surface area contributed by atoms with Gasteiger partial charge in [-0.2, -0.15) is 0 Å². The van der Waals surface area contributed by atoms with Crippen LogP contribution in [-0.4, -0.2) is 41.7 Å². The maximum absolute atomic E-state index is 12.1. The van der Waals surface area contributed by atoms with Gasteiger partial charge in [-0.25, -0.2) is 0 Å². The Balaban J connectivity index is 1.89. The number of hydrogen-bond donors (Lipinski definition) is 2. The van der Waals surface area contributed by atoms with Gasteiger partial charge in [-0.05, 0) is 36.5 Å². The normalized spacial score (nSPS) is 19.2. The molecule has 1 atom stereocenters. The van der Waals surface area contributed by atoms with Crippen LogP contribution in [0.1, 0.15) is 43.7 Å². The van der Waals surface area contributed by atoms with Crippen LogP contribution in [0.5, 0.6) is 0 Å². The monoisotopic (exact) mass is 290 g/mol. The van der Waals surface area contributed by atoms with Crippen molar-refractivity contribution in [1.29, 1.82) is 0 Å². The summed E-state index contributed by atoms with van der Waals surface area (Å²) in [6.07, 6.45) is 1.06. The number of likely N-dealkylation sites (tertiary alicyclic amines) is 1. The van der Waals surface area contributed by atoms with Crippen molar-refractivity contribution in [3.63, 3.8) is 0 Å². The second-order valence-corrected chi connectivity index (χ2v) is 6.22. The summed E-state index contributed by atoms with van der Waals surface area (Å²) in [7, 11) is 0. The fraction of sp³-hybridized carbons (Fsp3) is 0.588. The van der Waals surface area contributed by atoms with Crippen molar-refractivity contribution in [2.45, 2.75) is 45.6 Å². The number of β-amino-alcohol motifs (C(OH)–C–C–N with tert-alkyl or cyclic N) is 1. The molecule has 0 saturated carbocycles. The smallest absolute Gasteiger partial charge is 0.225 e. The molecule has 4 heteroatoms. The molecule has 0 spiro atoms. The number of aliphatic hydroxyl groups excluding tert-OH is 1. The van der Waals surface area contributed by atoms with Gasteiger partial charge >= 0.3 is 0 Å². The lowest BCUT2D eigenvalue weighted by atomic mass is 9.97. The summed E-state index contributed by atoms with van der Waals surface area (Å²) in [6.45, 7) is 8.66. The Hall–Kier alpha value is -1.39. The van der Waals surface area contributed by atoms with E-state index < -0.39 is 0 Å². The molecule has 2 N–H and O–H groups in total. The van der Waals surface area contributed by atoms with Gasteiger partial charge in [0.1, 0.15) is 0 Å². The molecule has 0 aromatic heterocycles. The van der Waals surface area contributed by atoms with Gasteiger partial charge in [-0.3, -0.25) is 4.79 Å². The number of benzene rings is 1. The standard InChI is InChI=1S/C17H26N2O2/c1-12(2)15-5-4-6-16(13(15)3)18-17(21)8-10-19-9-7-14(20)11-19/h4-6,12,14,20H,7-11H2,1-3H3,(H,18,21). The highest BCUT2D eigenvalue weighted by atomic mass is 16.3. The second kappa shape index (κ2) is 7.05. The van der Waals surface area contributed by atoms with Crippen molar-refractivity contribution in [2.75, 3.05) is 25.0 Å². The molecule has 116 valence electrons. The van der Waals surface area contributed by atoms with E-state index in [1.165, 1.54) is 5.56 Å². The lowest BCUT2D eigenvalue weighted by Gasteiger charge is -2.17. The van der Waals surface area contributed by atoms with Crippen molar-refractivity contribution in [2.24, 2.45) is 0 Å². The van der Waals surface area contributed by atoms with Crippen molar-refractivity contribution in [3.8, 4) is 0 Å². The zero-order chi connectivity index (χ0) is 15.4. The number of carbonyl (C=O) groups is 1. The van der Waals surface area contributed by atoms with Crippen LogP contribution < -0.4 is 5.32 Å². The first-order valence-corrected chi connectivity index (χ1v) is 7.77. The van der Waals surface area contributed by atoms with Gasteiger partial charge in [0.25, 0.3) is 0 Å². The highest BCUT2D eigenvalue weighted by molar-refractivity contribution is 5.91. The summed E-state index contributed by atoms with van der Waals surface area (Å²) in [5.41, 5.74) is 3.33. The molecule has 1 saturated heterocycles. The van der Waals surface area contributed by atoms with Crippen LogP contribution in [0.4, 0.5) is 5.69 Å². The predicted molar refractivity (Wildman–Crippen MR) is 85.6 cm³/mol. The maximum Gasteiger partial charge on any atom is 0.225 e. The minimum Gasteiger partial charge on any atom is -0.392 e. The largest absolute Gasteiger partial charge is 0.392 e. The number of rotatable bonds is 5. The number of amides is 1. The van der Waals surface area contributed by atoms with Crippen molar-refractivity contribution in [1.82, 2.24) is 4.90 Å². The summed E-state index contributed by atoms with van der Waals surface area (Å²) < 4.78 is 0. The highest BCUT2D eigenvalue weighted by Crippen LogP contribution is 2.25. The molecule has 1 heterocycles. The third kappa shape index (κ3) is 4.29. The van der Waals surface area contributed by atoms with Gasteiger partial charge in [0.05, 0.1) is 6.10 Å². The topological polar surface area (TPSA) is 52.6 Å². The van der Waals surface area contributed by atoms with E-state index in [4.69, 9.17) is 0 Å². The van der Waals surface area contributed by atoms with Crippen LogP contribution >= 0.6 is 0 Å². The molecule has 1 aromatic rings. The van der Waals surface area contributed by atoms with E-state index in [9.17, 15) is 9.90 Å². The highest BCUT2D eigenvalue weighted by Gasteiger charge is 2.20. The zero-order valence-corrected chi connectivity index (χ0v) is 13.2. The number of carbonyl (C=O) groups excluding carboxylic acids is 1. The zero-order valence-electron chi connectivity index (χ0n) is 13.2. The lowest BCUT2D eigenvalue weighted by molar-refractivity contribution is -0.116. The van der Waals surface area contributed by atoms with Gasteiger partial charge < -0.3 is 15.3 Å². The molecule has 1 fully saturated rings. The van der Waals surface area contributed by atoms with Crippen molar-refractivity contribution in [3.05, 3.63) is 29.3 Å². The van der Waals surface area contributed by atoms with Crippen LogP contribution in [0.15, 0.2) is 18.2 Å². The Morgan fingerprint density at radius 1 is 1.48 bits per heavy atom. The van der Waals surface area contributed by atoms with Crippen LogP contribution in [0.3, 0.4) is 0 Å². The quantitative estimate of drug-likeness (QED) is 0.876. The molecule has 1 aliphatic rings. The lowest BCUT2D eigenvalue weighted by Crippen LogP contribution is -2.27. The Morgan fingerprint density at radius 2 is 2.24 bits per heavy atom. The first kappa shape index (κ1) is 16.0. The third-order valence-corrected chi connectivity index (χ3v) is 4.17. The van der Waals surface area contributed by atoms with E-state index in [-0.39, 0.29) is 12.0 Å². The summed E-state index contributed by atoms with van der Waals surface area (Å²) >= 11 is 0. The van der Waals surface area contributed by atoms with Crippen LogP contribution in [0, 0.1) is 6.92 Å². The molecule has 0 radical (unpaired) electrons. The molecule has 1 aromatic carbocycles. The maximum atomic E-state index is 12.1. The van der Waals surface area contributed by atoms with E-state index in [1.807, 2.05) is 12.1 Å². The second-order valence-electron chi connectivity index (χ2n) is 6.22. The average Bonchev–Trinajstić information content (AvgIpc) is 2.84. The van der Waals surface area contributed by atoms with Gasteiger partial charge in [0.15, 0.2) is 0 Å². The minimum absolute atomic E-state index is 0.0420. The average molecular weight is 290 g/mol. The molecular formula is C17H26N2O2. The van der Waals surface area contributed by atoms with Crippen LogP contribution in [-0.2, 0) is 4.79 Å². The van der Waals surface area contributed by atoms with E-state index in [1.54, 1.807) is 0 Å². The van der Waals surface area contributed by atoms with Gasteiger partial charge in [0.2, 0.25) is 5.91 Å². The Bertz CT molecular complexity index is 500. The van der Waals surface area contributed by atoms with Crippen molar-refractivity contribution < 1.29 is 9.90 Å². The van der Waals surface area contributed by atoms with Crippen molar-refractivity contribution >= 4 is 11.6 Å². The number of nitrogens with one attached hydrogen (secondary N) is 1. The van der Waals surface area contributed by atoms with Gasteiger partial charge in [-0.1, -0.05) is 26.0 Å². The summed E-state index contributed by atoms with van der Waals surface area (Å²) in [5, 5.41) is 12.5. The fourth-order valence-electron chi connectivity index (χ4n) is 2.90. The molecule has 1 aliphatic heterocycles. The van der Waals surface area contributed by atoms with E-state index in [0.29, 0.717) is 25.4 Å². The summed E-state index contributed by atoms with van der Waals surface area (Å²) in [5.74, 6) is 0.494. The number of aliphatic hydroxyl groups is 1. The van der Waals surface area contributed by atoms with Crippen LogP contribution in [0.25, 0.3) is 0 Å². The van der Waals surface area contributed by atoms with Gasteiger partial charge in [-0.15, -0.1) is 0 Å². The Kier molecular flexibility index (Phi) is 5.37. The molecule has 0 aliphatic carbocycles. The van der Waals surface area contributed by atoms with Gasteiger partial charge in [0, 0.05) is 31.7 Å². The number of anilines is 1. The number of hydrogen-bond acceptors (Lipinski definition) is 3. The Morgan fingerprint density at radius 3 is 2.86 bits per heavy atom. The third-order valence-electron chi connectivity index (χ3n) is 4.17. The minimum atomic E-state index is -0.224. The molecule has 1 unspecified atom stereocenters. The van der Waals surface area contributed by atoms with E-state index in [0.717, 1.165) is 24.2 Å². The predicted octanol–water partition coefficient (Wildman–Crippen LogP) is 2.51. The fourth-order valence-corrected chi connectivity index (χ4v) is 2.90. The first-order chi connectivity index (χ1) is 9.97. The van der Waals surface area contributed by atoms with E-state index in [2.05, 4.69) is 37.1 Å². The molecule has 1 amide bonds. The summed E-state index contributed by atoms with van der Waals surface area (Å²) in [4.78, 5) is 14.2. The first-order valence-electron chi connectivity index (χ1n) is 7.77. The Labute approximate surface area is 127 Å². The van der Waals surface area contributed by atoms with E-state index >= 15 is 0 Å².